The maximum absolute atomic E-state index is 13.1. The van der Waals surface area contributed by atoms with Crippen LogP contribution in [-0.4, -0.2) is 31.9 Å². The van der Waals surface area contributed by atoms with Gasteiger partial charge in [-0.15, -0.1) is 11.8 Å². The van der Waals surface area contributed by atoms with Crippen LogP contribution in [0.2, 0.25) is 0 Å². The molecule has 2 N–H and O–H groups in total. The van der Waals surface area contributed by atoms with Crippen LogP contribution in [0.5, 0.6) is 0 Å². The first-order chi connectivity index (χ1) is 13.3. The summed E-state index contributed by atoms with van der Waals surface area (Å²) in [5.74, 6) is 0.416. The summed E-state index contributed by atoms with van der Waals surface area (Å²) in [6.07, 6.45) is 5.14. The van der Waals surface area contributed by atoms with Gasteiger partial charge in [-0.2, -0.15) is 0 Å². The highest BCUT2D eigenvalue weighted by Gasteiger charge is 2.25. The van der Waals surface area contributed by atoms with Crippen molar-refractivity contribution in [2.45, 2.75) is 31.4 Å². The molecule has 0 saturated heterocycles. The minimum absolute atomic E-state index is 0.416. The molecule has 28 heavy (non-hydrogen) atoms. The second-order valence-electron chi connectivity index (χ2n) is 7.54. The number of anilines is 1. The van der Waals surface area contributed by atoms with Gasteiger partial charge < -0.3 is 14.9 Å². The van der Waals surface area contributed by atoms with E-state index in [0.29, 0.717) is 5.82 Å². The second-order valence-corrected chi connectivity index (χ2v) is 8.36. The van der Waals surface area contributed by atoms with E-state index in [1.807, 2.05) is 74.0 Å². The highest BCUT2D eigenvalue weighted by molar-refractivity contribution is 7.98. The van der Waals surface area contributed by atoms with E-state index in [1.54, 1.807) is 22.5 Å². The van der Waals surface area contributed by atoms with Crippen LogP contribution in [0.4, 0.5) is 10.6 Å². The van der Waals surface area contributed by atoms with Gasteiger partial charge in [0, 0.05) is 23.3 Å². The predicted octanol–water partition coefficient (Wildman–Crippen LogP) is 5.04. The largest absolute Gasteiger partial charge is 0.443 e. The van der Waals surface area contributed by atoms with Gasteiger partial charge in [-0.3, -0.25) is 0 Å². The van der Waals surface area contributed by atoms with Crippen LogP contribution >= 0.6 is 11.8 Å². The Hall–Kier alpha value is -2.93. The molecule has 0 spiro atoms. The highest BCUT2D eigenvalue weighted by Crippen LogP contribution is 2.37. The number of carbonyl (C=O) groups is 1. The fraction of sp³-hybridized carbons (Fsp3) is 0.238. The Morgan fingerprint density at radius 2 is 1.96 bits per heavy atom. The average molecular weight is 395 g/mol. The second kappa shape index (κ2) is 6.60. The number of hydrogen-bond acceptors (Lipinski definition) is 5. The summed E-state index contributed by atoms with van der Waals surface area (Å²) in [4.78, 5) is 17.4. The molecule has 144 valence electrons. The Labute approximate surface area is 167 Å². The lowest BCUT2D eigenvalue weighted by Crippen LogP contribution is -2.27. The molecule has 1 aromatic carbocycles. The van der Waals surface area contributed by atoms with E-state index in [1.165, 1.54) is 0 Å². The van der Waals surface area contributed by atoms with Gasteiger partial charge in [0.05, 0.1) is 21.8 Å². The molecule has 0 amide bonds. The molecule has 6 nitrogen and oxygen atoms in total. The molecular weight excluding hydrogens is 372 g/mol. The highest BCUT2D eigenvalue weighted by atomic mass is 32.2. The summed E-state index contributed by atoms with van der Waals surface area (Å²) >= 11 is 1.61. The third kappa shape index (κ3) is 3.01. The number of rotatable bonds is 2. The number of fused-ring (bicyclic) bond motifs is 2. The smallest absolute Gasteiger partial charge is 0.419 e. The van der Waals surface area contributed by atoms with E-state index in [-0.39, 0.29) is 0 Å². The molecular formula is C21H22N4O2S. The summed E-state index contributed by atoms with van der Waals surface area (Å²) in [5, 5.41) is 1.97. The molecule has 0 fully saturated rings. The SMILES string of the molecule is CSc1cc(-c2cc3ccccc3n2C(=O)OC(C)(C)C)c2c(N)nccn12. The van der Waals surface area contributed by atoms with Gasteiger partial charge in [0.2, 0.25) is 0 Å². The summed E-state index contributed by atoms with van der Waals surface area (Å²) < 4.78 is 9.31. The quantitative estimate of drug-likeness (QED) is 0.482. The Kier molecular flexibility index (Phi) is 4.34. The number of para-hydroxylation sites is 1. The van der Waals surface area contributed by atoms with E-state index in [4.69, 9.17) is 10.5 Å². The van der Waals surface area contributed by atoms with E-state index in [9.17, 15) is 4.79 Å². The standard InChI is InChI=1S/C21H22N4O2S/c1-21(2,3)27-20(26)25-15-8-6-5-7-13(15)11-16(25)14-12-17(28-4)24-10-9-23-19(22)18(14)24/h5-12H,1-4H3,(H2,22,23). The first-order valence-electron chi connectivity index (χ1n) is 8.94. The lowest BCUT2D eigenvalue weighted by atomic mass is 10.2. The van der Waals surface area contributed by atoms with Crippen molar-refractivity contribution in [2.75, 3.05) is 12.0 Å². The van der Waals surface area contributed by atoms with Crippen molar-refractivity contribution in [3.8, 4) is 11.3 Å². The third-order valence-corrected chi connectivity index (χ3v) is 5.18. The molecule has 0 saturated carbocycles. The number of thioether (sulfide) groups is 1. The van der Waals surface area contributed by atoms with E-state index >= 15 is 0 Å². The molecule has 0 aliphatic heterocycles. The molecule has 3 aromatic heterocycles. The van der Waals surface area contributed by atoms with Crippen molar-refractivity contribution >= 4 is 40.1 Å². The number of benzene rings is 1. The zero-order valence-electron chi connectivity index (χ0n) is 16.3. The summed E-state index contributed by atoms with van der Waals surface area (Å²) in [5.41, 5.74) is 8.76. The van der Waals surface area contributed by atoms with Crippen LogP contribution in [0.15, 0.2) is 53.8 Å². The van der Waals surface area contributed by atoms with E-state index in [0.717, 1.165) is 32.7 Å². The van der Waals surface area contributed by atoms with Crippen LogP contribution < -0.4 is 5.73 Å². The molecule has 4 rings (SSSR count). The fourth-order valence-corrected chi connectivity index (χ4v) is 3.95. The third-order valence-electron chi connectivity index (χ3n) is 4.45. The van der Waals surface area contributed by atoms with E-state index in [2.05, 4.69) is 4.98 Å². The minimum atomic E-state index is -0.604. The molecule has 0 aliphatic carbocycles. The predicted molar refractivity (Wildman–Crippen MR) is 114 cm³/mol. The topological polar surface area (TPSA) is 74.5 Å². The van der Waals surface area contributed by atoms with Crippen LogP contribution in [0.25, 0.3) is 27.7 Å². The van der Waals surface area contributed by atoms with Gasteiger partial charge >= 0.3 is 6.09 Å². The number of nitrogens with two attached hydrogens (primary N) is 1. The normalized spacial score (nSPS) is 12.0. The lowest BCUT2D eigenvalue weighted by molar-refractivity contribution is 0.0547. The van der Waals surface area contributed by atoms with Gasteiger partial charge in [-0.05, 0) is 45.2 Å². The molecule has 3 heterocycles. The van der Waals surface area contributed by atoms with Gasteiger partial charge in [-0.25, -0.2) is 14.3 Å². The monoisotopic (exact) mass is 394 g/mol. The Morgan fingerprint density at radius 1 is 1.21 bits per heavy atom. The first kappa shape index (κ1) is 18.4. The van der Waals surface area contributed by atoms with Crippen LogP contribution in [0, 0.1) is 0 Å². The van der Waals surface area contributed by atoms with Gasteiger partial charge in [0.15, 0.2) is 0 Å². The molecule has 0 unspecified atom stereocenters. The minimum Gasteiger partial charge on any atom is -0.443 e. The zero-order valence-corrected chi connectivity index (χ0v) is 17.1. The number of aromatic nitrogens is 3. The maximum Gasteiger partial charge on any atom is 0.419 e. The average Bonchev–Trinajstić information content (AvgIpc) is 3.19. The Morgan fingerprint density at radius 3 is 2.68 bits per heavy atom. The van der Waals surface area contributed by atoms with Gasteiger partial charge in [-0.1, -0.05) is 18.2 Å². The Balaban J connectivity index is 2.04. The molecule has 0 radical (unpaired) electrons. The number of nitrogen functional groups attached to an aromatic ring is 1. The van der Waals surface area contributed by atoms with Crippen LogP contribution in [0.1, 0.15) is 20.8 Å². The van der Waals surface area contributed by atoms with Crippen molar-refractivity contribution in [2.24, 2.45) is 0 Å². The molecule has 4 aromatic rings. The number of hydrogen-bond donors (Lipinski definition) is 1. The van der Waals surface area contributed by atoms with Crippen molar-refractivity contribution in [1.29, 1.82) is 0 Å². The van der Waals surface area contributed by atoms with Gasteiger partial charge in [0.1, 0.15) is 11.4 Å². The van der Waals surface area contributed by atoms with Crippen molar-refractivity contribution in [1.82, 2.24) is 14.0 Å². The fourth-order valence-electron chi connectivity index (χ4n) is 3.36. The zero-order chi connectivity index (χ0) is 20.1. The summed E-state index contributed by atoms with van der Waals surface area (Å²) in [6, 6.07) is 11.8. The molecule has 0 aliphatic rings. The number of carbonyl (C=O) groups excluding carboxylic acids is 1. The summed E-state index contributed by atoms with van der Waals surface area (Å²) in [6.45, 7) is 5.58. The number of nitrogens with zero attached hydrogens (tertiary/aromatic N) is 3. The molecule has 7 heteroatoms. The Bertz CT molecular complexity index is 1200. The van der Waals surface area contributed by atoms with Crippen molar-refractivity contribution in [3.63, 3.8) is 0 Å². The lowest BCUT2D eigenvalue weighted by Gasteiger charge is -2.21. The molecule has 0 atom stereocenters. The van der Waals surface area contributed by atoms with Crippen molar-refractivity contribution < 1.29 is 9.53 Å². The number of ether oxygens (including phenoxy) is 1. The van der Waals surface area contributed by atoms with Gasteiger partial charge in [0.25, 0.3) is 0 Å². The van der Waals surface area contributed by atoms with Crippen molar-refractivity contribution in [3.05, 3.63) is 48.8 Å². The first-order valence-corrected chi connectivity index (χ1v) is 10.2. The summed E-state index contributed by atoms with van der Waals surface area (Å²) in [7, 11) is 0. The van der Waals surface area contributed by atoms with E-state index < -0.39 is 11.7 Å². The van der Waals surface area contributed by atoms with Crippen LogP contribution in [0.3, 0.4) is 0 Å². The van der Waals surface area contributed by atoms with Crippen LogP contribution in [-0.2, 0) is 4.74 Å². The molecule has 0 bridgehead atoms. The maximum atomic E-state index is 13.1.